The molecule has 244 valence electrons. The number of hydrogen-bond acceptors (Lipinski definition) is 0. The van der Waals surface area contributed by atoms with Crippen LogP contribution in [0.15, 0.2) is 102 Å². The van der Waals surface area contributed by atoms with Gasteiger partial charge in [-0.15, -0.1) is 0 Å². The molecule has 0 atom stereocenters. The predicted molar refractivity (Wildman–Crippen MR) is 201 cm³/mol. The molecule has 10 aliphatic carbocycles. The maximum Gasteiger partial charge on any atom is 0.0175 e. The molecule has 10 aliphatic rings. The lowest BCUT2D eigenvalue weighted by Gasteiger charge is -2.75. The second kappa shape index (κ2) is 9.99. The van der Waals surface area contributed by atoms with Gasteiger partial charge in [0.1, 0.15) is 0 Å². The highest BCUT2D eigenvalue weighted by Gasteiger charge is 2.70. The second-order valence-electron chi connectivity index (χ2n) is 18.6. The summed E-state index contributed by atoms with van der Waals surface area (Å²) in [6.07, 6.45) is 17.1. The van der Waals surface area contributed by atoms with Gasteiger partial charge in [-0.2, -0.15) is 0 Å². The molecule has 0 unspecified atom stereocenters. The summed E-state index contributed by atoms with van der Waals surface area (Å²) in [6.45, 7) is 2.52. The molecule has 0 spiro atoms. The summed E-state index contributed by atoms with van der Waals surface area (Å²) in [4.78, 5) is 0. The maximum absolute atomic E-state index is 3.69. The Hall–Kier alpha value is -2.64. The number of rotatable bonds is 5. The van der Waals surface area contributed by atoms with E-state index in [9.17, 15) is 0 Å². The monoisotopic (exact) mass is 692 g/mol. The molecule has 10 fully saturated rings. The fourth-order valence-corrected chi connectivity index (χ4v) is 14.4. The van der Waals surface area contributed by atoms with Crippen molar-refractivity contribution in [3.05, 3.63) is 118 Å². The van der Waals surface area contributed by atoms with Crippen LogP contribution in [0.25, 0.3) is 22.3 Å². The SMILES string of the molecule is CC12CCC(c3ccc(-c4ccc(-c5ccc(C67CC8C9CC%10(c%11ccc(Br)cc%11)CC8C(C6)C(C%10)C9C7)cc5)cc4)cc3)(CC1)CC2. The van der Waals surface area contributed by atoms with Crippen LogP contribution in [0.2, 0.25) is 0 Å². The third kappa shape index (κ3) is 4.06. The van der Waals surface area contributed by atoms with E-state index in [-0.39, 0.29) is 0 Å². The van der Waals surface area contributed by atoms with Crippen molar-refractivity contribution in [1.82, 2.24) is 0 Å². The van der Waals surface area contributed by atoms with Gasteiger partial charge in [0.05, 0.1) is 0 Å². The van der Waals surface area contributed by atoms with Crippen molar-refractivity contribution in [2.24, 2.45) is 40.9 Å². The highest BCUT2D eigenvalue weighted by molar-refractivity contribution is 9.10. The lowest BCUT2D eigenvalue weighted by Crippen LogP contribution is -2.69. The normalized spacial score (nSPS) is 41.3. The summed E-state index contributed by atoms with van der Waals surface area (Å²) < 4.78 is 1.22. The van der Waals surface area contributed by atoms with Gasteiger partial charge in [0.25, 0.3) is 0 Å². The molecule has 10 saturated carbocycles. The molecular weight excluding hydrogens is 644 g/mol. The van der Waals surface area contributed by atoms with Crippen molar-refractivity contribution < 1.29 is 0 Å². The summed E-state index contributed by atoms with van der Waals surface area (Å²) >= 11 is 3.69. The van der Waals surface area contributed by atoms with Crippen molar-refractivity contribution in [3.63, 3.8) is 0 Å². The van der Waals surface area contributed by atoms with Crippen LogP contribution in [-0.2, 0) is 16.2 Å². The van der Waals surface area contributed by atoms with Crippen LogP contribution >= 0.6 is 15.9 Å². The first-order chi connectivity index (χ1) is 23.3. The maximum atomic E-state index is 3.69. The molecule has 0 saturated heterocycles. The molecule has 0 amide bonds. The Labute approximate surface area is 296 Å². The standard InChI is InChI=1S/C47H49Br/c1-44-18-21-45(22-19-44,23-20-44)34-10-6-32(7-11-34)30-2-4-31(5-3-30)33-8-12-35(13-9-33)46-24-38-41-27-47(36-14-16-37(48)17-15-36)28-42(38)40(26-46)43(29-47)39(41)25-46/h2-17,38-43H,18-29H2,1H3. The fourth-order valence-electron chi connectivity index (χ4n) is 14.1. The molecule has 0 aliphatic heterocycles. The molecule has 0 heterocycles. The van der Waals surface area contributed by atoms with Crippen molar-refractivity contribution in [1.29, 1.82) is 0 Å². The van der Waals surface area contributed by atoms with Gasteiger partial charge < -0.3 is 0 Å². The number of hydrogen-bond donors (Lipinski definition) is 0. The molecule has 0 nitrogen and oxygen atoms in total. The quantitative estimate of drug-likeness (QED) is 0.195. The zero-order chi connectivity index (χ0) is 31.9. The van der Waals surface area contributed by atoms with Crippen molar-refractivity contribution in [3.8, 4) is 22.3 Å². The van der Waals surface area contributed by atoms with E-state index in [2.05, 4.69) is 120 Å². The smallest absolute Gasteiger partial charge is 0.0175 e. The van der Waals surface area contributed by atoms with Crippen LogP contribution in [0.3, 0.4) is 0 Å². The molecule has 1 heteroatoms. The van der Waals surface area contributed by atoms with Crippen LogP contribution in [0.5, 0.6) is 0 Å². The molecule has 0 aromatic heterocycles. The summed E-state index contributed by atoms with van der Waals surface area (Å²) in [5.41, 5.74) is 12.2. The van der Waals surface area contributed by atoms with Crippen LogP contribution in [0, 0.1) is 40.9 Å². The van der Waals surface area contributed by atoms with E-state index in [0.717, 1.165) is 35.5 Å². The Balaban J connectivity index is 0.805. The van der Waals surface area contributed by atoms with E-state index >= 15 is 0 Å². The van der Waals surface area contributed by atoms with E-state index in [1.165, 1.54) is 104 Å². The Kier molecular flexibility index (Phi) is 6.06. The van der Waals surface area contributed by atoms with Crippen LogP contribution in [0.4, 0.5) is 0 Å². The molecular formula is C47H49Br. The average Bonchev–Trinajstić information content (AvgIpc) is 3.14. The zero-order valence-electron chi connectivity index (χ0n) is 28.6. The van der Waals surface area contributed by atoms with E-state index in [0.29, 0.717) is 21.7 Å². The topological polar surface area (TPSA) is 0 Å². The van der Waals surface area contributed by atoms with Crippen LogP contribution < -0.4 is 0 Å². The van der Waals surface area contributed by atoms with Crippen molar-refractivity contribution in [2.75, 3.05) is 0 Å². The minimum absolute atomic E-state index is 0.432. The summed E-state index contributed by atoms with van der Waals surface area (Å²) in [7, 11) is 0. The summed E-state index contributed by atoms with van der Waals surface area (Å²) in [5.74, 6) is 5.79. The third-order valence-electron chi connectivity index (χ3n) is 16.7. The Bertz CT molecular complexity index is 1790. The van der Waals surface area contributed by atoms with Gasteiger partial charge in [-0.05, 0) is 185 Å². The van der Waals surface area contributed by atoms with Gasteiger partial charge in [-0.1, -0.05) is 108 Å². The van der Waals surface area contributed by atoms with Gasteiger partial charge in [0, 0.05) is 4.47 Å². The molecule has 4 aromatic carbocycles. The molecule has 10 bridgehead atoms. The summed E-state index contributed by atoms with van der Waals surface area (Å²) in [6, 6.07) is 38.5. The van der Waals surface area contributed by atoms with Gasteiger partial charge in [0.15, 0.2) is 0 Å². The number of halogens is 1. The van der Waals surface area contributed by atoms with E-state index < -0.39 is 0 Å². The first-order valence-electron chi connectivity index (χ1n) is 19.4. The van der Waals surface area contributed by atoms with Crippen LogP contribution in [0.1, 0.15) is 101 Å². The van der Waals surface area contributed by atoms with Crippen LogP contribution in [-0.4, -0.2) is 0 Å². The lowest BCUT2D eigenvalue weighted by molar-refractivity contribution is -0.221. The number of fused-ring (bicyclic) bond motifs is 3. The lowest BCUT2D eigenvalue weighted by atomic mass is 9.29. The molecule has 0 radical (unpaired) electrons. The van der Waals surface area contributed by atoms with Crippen molar-refractivity contribution >= 4 is 15.9 Å². The van der Waals surface area contributed by atoms with E-state index in [1.54, 1.807) is 16.7 Å². The zero-order valence-corrected chi connectivity index (χ0v) is 30.2. The molecule has 0 N–H and O–H groups in total. The third-order valence-corrected chi connectivity index (χ3v) is 17.2. The largest absolute Gasteiger partial charge is 0.0596 e. The minimum atomic E-state index is 0.432. The van der Waals surface area contributed by atoms with Gasteiger partial charge >= 0.3 is 0 Å². The van der Waals surface area contributed by atoms with E-state index in [1.807, 2.05) is 0 Å². The van der Waals surface area contributed by atoms with Gasteiger partial charge in [-0.3, -0.25) is 0 Å². The van der Waals surface area contributed by atoms with Gasteiger partial charge in [0.2, 0.25) is 0 Å². The second-order valence-corrected chi connectivity index (χ2v) is 19.5. The predicted octanol–water partition coefficient (Wildman–Crippen LogP) is 12.7. The Morgan fingerprint density at radius 2 is 0.646 bits per heavy atom. The van der Waals surface area contributed by atoms with Gasteiger partial charge in [-0.25, -0.2) is 0 Å². The van der Waals surface area contributed by atoms with Crippen molar-refractivity contribution in [2.45, 2.75) is 100 Å². The molecule has 4 aromatic rings. The first kappa shape index (κ1) is 29.1. The Morgan fingerprint density at radius 1 is 0.375 bits per heavy atom. The summed E-state index contributed by atoms with van der Waals surface area (Å²) in [5, 5.41) is 0. The molecule has 48 heavy (non-hydrogen) atoms. The van der Waals surface area contributed by atoms with E-state index in [4.69, 9.17) is 0 Å². The minimum Gasteiger partial charge on any atom is -0.0596 e. The fraction of sp³-hybridized carbons (Fsp3) is 0.489. The highest BCUT2D eigenvalue weighted by Crippen LogP contribution is 2.77. The first-order valence-corrected chi connectivity index (χ1v) is 20.2. The Morgan fingerprint density at radius 3 is 0.979 bits per heavy atom. The molecule has 14 rings (SSSR count). The average molecular weight is 694 g/mol. The highest BCUT2D eigenvalue weighted by atomic mass is 79.9. The number of benzene rings is 4.